The largest absolute Gasteiger partial charge is 0.395 e. The average Bonchev–Trinajstić information content (AvgIpc) is 2.76. The predicted molar refractivity (Wildman–Crippen MR) is 67.3 cm³/mol. The molecule has 7 nitrogen and oxygen atoms in total. The van der Waals surface area contributed by atoms with E-state index >= 15 is 0 Å². The summed E-state index contributed by atoms with van der Waals surface area (Å²) in [4.78, 5) is 26.9. The number of ether oxygens (including phenoxy) is 1. The van der Waals surface area contributed by atoms with Crippen molar-refractivity contribution >= 4 is 11.8 Å². The summed E-state index contributed by atoms with van der Waals surface area (Å²) in [6, 6.07) is 0. The van der Waals surface area contributed by atoms with Crippen molar-refractivity contribution in [2.24, 2.45) is 5.92 Å². The van der Waals surface area contributed by atoms with Gasteiger partial charge in [0, 0.05) is 39.7 Å². The number of hydrogen-bond donors (Lipinski definition) is 2. The third kappa shape index (κ3) is 4.45. The Morgan fingerprint density at radius 3 is 2.58 bits per heavy atom. The van der Waals surface area contributed by atoms with Crippen molar-refractivity contribution in [3.8, 4) is 0 Å². The van der Waals surface area contributed by atoms with Gasteiger partial charge in [-0.15, -0.1) is 0 Å². The highest BCUT2D eigenvalue weighted by molar-refractivity contribution is 5.89. The lowest BCUT2D eigenvalue weighted by atomic mass is 10.1. The predicted octanol–water partition coefficient (Wildman–Crippen LogP) is -1.71. The number of carbonyl (C=O) groups is 2. The van der Waals surface area contributed by atoms with Gasteiger partial charge < -0.3 is 24.7 Å². The molecular weight excluding hydrogens is 252 g/mol. The number of rotatable bonds is 8. The van der Waals surface area contributed by atoms with Crippen molar-refractivity contribution in [3.63, 3.8) is 0 Å². The molecule has 1 heterocycles. The van der Waals surface area contributed by atoms with Crippen LogP contribution in [0.2, 0.25) is 0 Å². The molecule has 1 unspecified atom stereocenters. The maximum atomic E-state index is 12.2. The van der Waals surface area contributed by atoms with Crippen molar-refractivity contribution < 1.29 is 24.5 Å². The molecule has 2 amide bonds. The fourth-order valence-corrected chi connectivity index (χ4v) is 2.19. The zero-order chi connectivity index (χ0) is 14.3. The highest BCUT2D eigenvalue weighted by atomic mass is 16.5. The molecule has 2 N–H and O–H groups in total. The van der Waals surface area contributed by atoms with Crippen LogP contribution >= 0.6 is 0 Å². The minimum absolute atomic E-state index is 0.0525. The molecule has 110 valence electrons. The molecule has 1 rings (SSSR count). The summed E-state index contributed by atoms with van der Waals surface area (Å²) < 4.78 is 4.92. The summed E-state index contributed by atoms with van der Waals surface area (Å²) in [5.41, 5.74) is 0. The number of carbonyl (C=O) groups excluding carboxylic acids is 2. The molecule has 1 aliphatic rings. The molecule has 1 saturated heterocycles. The molecule has 0 bridgehead atoms. The van der Waals surface area contributed by atoms with Gasteiger partial charge in [-0.1, -0.05) is 0 Å². The van der Waals surface area contributed by atoms with Crippen molar-refractivity contribution in [1.29, 1.82) is 0 Å². The van der Waals surface area contributed by atoms with Crippen molar-refractivity contribution in [3.05, 3.63) is 0 Å². The van der Waals surface area contributed by atoms with Gasteiger partial charge in [0.05, 0.1) is 25.7 Å². The molecule has 0 saturated carbocycles. The molecule has 19 heavy (non-hydrogen) atoms. The first kappa shape index (κ1) is 15.9. The first-order valence-corrected chi connectivity index (χ1v) is 6.41. The minimum Gasteiger partial charge on any atom is -0.395 e. The van der Waals surface area contributed by atoms with Crippen LogP contribution in [-0.4, -0.2) is 84.9 Å². The second-order valence-electron chi connectivity index (χ2n) is 4.51. The van der Waals surface area contributed by atoms with E-state index in [1.807, 2.05) is 0 Å². The third-order valence-electron chi connectivity index (χ3n) is 3.18. The minimum atomic E-state index is -0.387. The van der Waals surface area contributed by atoms with E-state index in [0.717, 1.165) is 0 Å². The second kappa shape index (κ2) is 8.08. The van der Waals surface area contributed by atoms with Crippen molar-refractivity contribution in [2.75, 3.05) is 53.1 Å². The van der Waals surface area contributed by atoms with Gasteiger partial charge in [-0.05, 0) is 0 Å². The Kier molecular flexibility index (Phi) is 6.75. The van der Waals surface area contributed by atoms with Gasteiger partial charge in [0.2, 0.25) is 11.8 Å². The van der Waals surface area contributed by atoms with Crippen molar-refractivity contribution in [1.82, 2.24) is 9.80 Å². The highest BCUT2D eigenvalue weighted by Gasteiger charge is 2.35. The van der Waals surface area contributed by atoms with E-state index < -0.39 is 0 Å². The molecule has 0 aromatic heterocycles. The smallest absolute Gasteiger partial charge is 0.228 e. The Bertz CT molecular complexity index is 304. The number of hydrogen-bond acceptors (Lipinski definition) is 5. The highest BCUT2D eigenvalue weighted by Crippen LogP contribution is 2.19. The van der Waals surface area contributed by atoms with Crippen LogP contribution in [0, 0.1) is 5.92 Å². The SMILES string of the molecule is COCCN1CC(C(=O)N(CCO)CCO)CC1=O. The lowest BCUT2D eigenvalue weighted by Gasteiger charge is -2.24. The van der Waals surface area contributed by atoms with Crippen LogP contribution < -0.4 is 0 Å². The topological polar surface area (TPSA) is 90.3 Å². The van der Waals surface area contributed by atoms with E-state index in [1.54, 1.807) is 12.0 Å². The average molecular weight is 274 g/mol. The second-order valence-corrected chi connectivity index (χ2v) is 4.51. The molecule has 1 fully saturated rings. The third-order valence-corrected chi connectivity index (χ3v) is 3.18. The fourth-order valence-electron chi connectivity index (χ4n) is 2.19. The van der Waals surface area contributed by atoms with Gasteiger partial charge in [-0.3, -0.25) is 9.59 Å². The lowest BCUT2D eigenvalue weighted by molar-refractivity contribution is -0.136. The number of amides is 2. The van der Waals surface area contributed by atoms with E-state index in [4.69, 9.17) is 14.9 Å². The van der Waals surface area contributed by atoms with Crippen LogP contribution in [0.1, 0.15) is 6.42 Å². The fraction of sp³-hybridized carbons (Fsp3) is 0.833. The van der Waals surface area contributed by atoms with Gasteiger partial charge in [-0.2, -0.15) is 0 Å². The molecule has 1 atom stereocenters. The molecule has 1 aliphatic heterocycles. The zero-order valence-corrected chi connectivity index (χ0v) is 11.2. The number of aliphatic hydroxyl groups is 2. The Balaban J connectivity index is 2.55. The first-order chi connectivity index (χ1) is 9.13. The first-order valence-electron chi connectivity index (χ1n) is 6.41. The summed E-state index contributed by atoms with van der Waals surface area (Å²) in [5.74, 6) is -0.623. The monoisotopic (exact) mass is 274 g/mol. The Morgan fingerprint density at radius 2 is 2.05 bits per heavy atom. The number of nitrogens with zero attached hydrogens (tertiary/aromatic N) is 2. The Morgan fingerprint density at radius 1 is 1.42 bits per heavy atom. The summed E-state index contributed by atoms with van der Waals surface area (Å²) in [6.45, 7) is 1.38. The maximum Gasteiger partial charge on any atom is 0.228 e. The number of likely N-dealkylation sites (tertiary alicyclic amines) is 1. The molecule has 0 radical (unpaired) electrons. The quantitative estimate of drug-likeness (QED) is 0.550. The van der Waals surface area contributed by atoms with Gasteiger partial charge >= 0.3 is 0 Å². The van der Waals surface area contributed by atoms with Gasteiger partial charge in [-0.25, -0.2) is 0 Å². The Labute approximate surface area is 112 Å². The molecule has 0 aromatic carbocycles. The van der Waals surface area contributed by atoms with Crippen LogP contribution in [-0.2, 0) is 14.3 Å². The summed E-state index contributed by atoms with van der Waals surface area (Å²) >= 11 is 0. The van der Waals surface area contributed by atoms with E-state index in [9.17, 15) is 9.59 Å². The molecular formula is C12H22N2O5. The van der Waals surface area contributed by atoms with Crippen LogP contribution in [0.25, 0.3) is 0 Å². The standard InChI is InChI=1S/C12H22N2O5/c1-19-7-4-14-9-10(8-11(14)17)12(18)13(2-5-15)3-6-16/h10,15-16H,2-9H2,1H3. The Hall–Kier alpha value is -1.18. The molecule has 0 aliphatic carbocycles. The van der Waals surface area contributed by atoms with Crippen molar-refractivity contribution in [2.45, 2.75) is 6.42 Å². The van der Waals surface area contributed by atoms with E-state index in [0.29, 0.717) is 19.7 Å². The summed E-state index contributed by atoms with van der Waals surface area (Å²) in [6.07, 6.45) is 0.190. The van der Waals surface area contributed by atoms with Gasteiger partial charge in [0.1, 0.15) is 0 Å². The maximum absolute atomic E-state index is 12.2. The lowest BCUT2D eigenvalue weighted by Crippen LogP contribution is -2.41. The summed E-state index contributed by atoms with van der Waals surface area (Å²) in [7, 11) is 1.56. The van der Waals surface area contributed by atoms with Crippen LogP contribution in [0.15, 0.2) is 0 Å². The van der Waals surface area contributed by atoms with E-state index in [1.165, 1.54) is 4.90 Å². The molecule has 0 aromatic rings. The number of aliphatic hydroxyl groups excluding tert-OH is 2. The zero-order valence-electron chi connectivity index (χ0n) is 11.2. The van der Waals surface area contributed by atoms with Gasteiger partial charge in [0.15, 0.2) is 0 Å². The summed E-state index contributed by atoms with van der Waals surface area (Å²) in [5, 5.41) is 17.8. The molecule has 7 heteroatoms. The van der Waals surface area contributed by atoms with Gasteiger partial charge in [0.25, 0.3) is 0 Å². The number of methoxy groups -OCH3 is 1. The normalized spacial score (nSPS) is 19.0. The van der Waals surface area contributed by atoms with E-state index in [2.05, 4.69) is 0 Å². The van der Waals surface area contributed by atoms with E-state index in [-0.39, 0.29) is 50.5 Å². The van der Waals surface area contributed by atoms with Crippen LogP contribution in [0.4, 0.5) is 0 Å². The molecule has 0 spiro atoms. The van der Waals surface area contributed by atoms with Crippen LogP contribution in [0.5, 0.6) is 0 Å². The van der Waals surface area contributed by atoms with Crippen LogP contribution in [0.3, 0.4) is 0 Å².